The van der Waals surface area contributed by atoms with Gasteiger partial charge in [0.15, 0.2) is 17.5 Å². The normalized spacial score (nSPS) is 12.0. The van der Waals surface area contributed by atoms with E-state index in [4.69, 9.17) is 15.0 Å². The van der Waals surface area contributed by atoms with Crippen LogP contribution in [-0.2, 0) is 0 Å². The molecule has 2 aromatic heterocycles. The molecule has 0 aliphatic carbocycles. The second-order valence-electron chi connectivity index (χ2n) is 17.1. The largest absolute Gasteiger partial charge is 0.208 e. The molecule has 4 heteroatoms. The zero-order chi connectivity index (χ0) is 42.6. The Hall–Kier alpha value is -8.31. The van der Waals surface area contributed by atoms with Crippen molar-refractivity contribution < 1.29 is 0 Å². The molecule has 0 fully saturated rings. The zero-order valence-electron chi connectivity index (χ0n) is 35.0. The minimum atomic E-state index is 0.641. The fourth-order valence-corrected chi connectivity index (χ4v) is 11.5. The minimum absolute atomic E-state index is 0.641. The molecule has 0 radical (unpaired) electrons. The Morgan fingerprint density at radius 3 is 1.45 bits per heavy atom. The lowest BCUT2D eigenvalue weighted by molar-refractivity contribution is 1.07. The van der Waals surface area contributed by atoms with Crippen molar-refractivity contribution in [3.8, 4) is 56.4 Å². The summed E-state index contributed by atoms with van der Waals surface area (Å²) in [5.74, 6) is 1.94. The highest BCUT2D eigenvalue weighted by Gasteiger charge is 2.19. The quantitative estimate of drug-likeness (QED) is 0.162. The highest BCUT2D eigenvalue weighted by molar-refractivity contribution is 7.25. The fraction of sp³-hybridized carbons (Fsp3) is 0. The van der Waals surface area contributed by atoms with Crippen molar-refractivity contribution in [1.82, 2.24) is 15.0 Å². The summed E-state index contributed by atoms with van der Waals surface area (Å²) in [4.78, 5) is 15.5. The Morgan fingerprint density at radius 2 is 0.738 bits per heavy atom. The number of thiophene rings is 1. The third-order valence-corrected chi connectivity index (χ3v) is 14.6. The number of nitrogens with zero attached hydrogens (tertiary/aromatic N) is 3. The van der Waals surface area contributed by atoms with Crippen LogP contribution in [0.1, 0.15) is 0 Å². The highest BCUT2D eigenvalue weighted by atomic mass is 32.1. The van der Waals surface area contributed by atoms with Crippen LogP contribution in [0.4, 0.5) is 0 Å². The first-order valence-corrected chi connectivity index (χ1v) is 22.9. The SMILES string of the molecule is c1ccc(-c2nc(-c3ccc4sc5ccccc5c4c3)nc(-c3ccccc3-c3ccc(-c4cc5ccc6cccc7c8cccc9ccc%10cccc(c(c4)c5c67)c%10c98)cc3)n2)cc1. The van der Waals surface area contributed by atoms with Crippen molar-refractivity contribution in [1.29, 1.82) is 0 Å². The molecule has 0 amide bonds. The summed E-state index contributed by atoms with van der Waals surface area (Å²) < 4.78 is 2.52. The van der Waals surface area contributed by atoms with E-state index < -0.39 is 0 Å². The molecule has 12 aromatic carbocycles. The molecule has 0 aliphatic rings. The molecule has 0 atom stereocenters. The van der Waals surface area contributed by atoms with E-state index in [1.807, 2.05) is 29.5 Å². The molecular weight excluding hydrogens is 807 g/mol. The Kier molecular flexibility index (Phi) is 7.85. The Labute approximate surface area is 377 Å². The first-order valence-electron chi connectivity index (χ1n) is 22.1. The molecule has 14 rings (SSSR count). The standard InChI is InChI=1S/C61H35N3S/c1-2-11-41(12-3-1)59-62-60(43-31-32-54-51(34-43)46-17-6-7-22-53(46)65-54)64-61(63-59)50-18-5-4-16-45(50)37-25-23-36(24-26-37)44-33-42-30-29-40-14-9-20-48-47-19-8-13-38-27-28-39-15-10-21-49(57(39)55(38)47)52(35-44)58(42)56(40)48/h1-35H. The van der Waals surface area contributed by atoms with Crippen molar-refractivity contribution >= 4 is 96.1 Å². The predicted octanol–water partition coefficient (Wildman–Crippen LogP) is 16.9. The van der Waals surface area contributed by atoms with Crippen LogP contribution in [0.25, 0.3) is 141 Å². The maximum absolute atomic E-state index is 5.24. The summed E-state index contributed by atoms with van der Waals surface area (Å²) in [6, 6.07) is 77.2. The van der Waals surface area contributed by atoms with Crippen molar-refractivity contribution in [3.63, 3.8) is 0 Å². The third-order valence-electron chi connectivity index (χ3n) is 13.4. The summed E-state index contributed by atoms with van der Waals surface area (Å²) in [5, 5.41) is 17.9. The number of aromatic nitrogens is 3. The van der Waals surface area contributed by atoms with Crippen molar-refractivity contribution in [2.24, 2.45) is 0 Å². The first kappa shape index (κ1) is 36.2. The molecule has 0 saturated heterocycles. The van der Waals surface area contributed by atoms with Gasteiger partial charge in [-0.05, 0) is 123 Å². The topological polar surface area (TPSA) is 38.7 Å². The van der Waals surface area contributed by atoms with E-state index in [2.05, 4.69) is 194 Å². The molecule has 0 saturated carbocycles. The van der Waals surface area contributed by atoms with Crippen LogP contribution < -0.4 is 0 Å². The molecule has 0 bridgehead atoms. The van der Waals surface area contributed by atoms with Crippen LogP contribution in [-0.4, -0.2) is 15.0 Å². The van der Waals surface area contributed by atoms with Crippen molar-refractivity contribution in [3.05, 3.63) is 212 Å². The average molecular weight is 842 g/mol. The lowest BCUT2D eigenvalue weighted by atomic mass is 9.86. The van der Waals surface area contributed by atoms with Crippen LogP contribution in [0.15, 0.2) is 212 Å². The molecule has 0 unspecified atom stereocenters. The summed E-state index contributed by atoms with van der Waals surface area (Å²) in [6.45, 7) is 0. The van der Waals surface area contributed by atoms with Gasteiger partial charge in [-0.2, -0.15) is 0 Å². The molecule has 3 nitrogen and oxygen atoms in total. The molecule has 0 spiro atoms. The predicted molar refractivity (Wildman–Crippen MR) is 276 cm³/mol. The Balaban J connectivity index is 0.928. The van der Waals surface area contributed by atoms with E-state index in [0.29, 0.717) is 17.5 Å². The van der Waals surface area contributed by atoms with Gasteiger partial charge in [0.2, 0.25) is 0 Å². The van der Waals surface area contributed by atoms with Gasteiger partial charge in [0.25, 0.3) is 0 Å². The molecule has 65 heavy (non-hydrogen) atoms. The molecular formula is C61H35N3S. The zero-order valence-corrected chi connectivity index (χ0v) is 35.8. The molecule has 0 N–H and O–H groups in total. The van der Waals surface area contributed by atoms with E-state index in [-0.39, 0.29) is 0 Å². The van der Waals surface area contributed by atoms with E-state index in [1.54, 1.807) is 0 Å². The van der Waals surface area contributed by atoms with Gasteiger partial charge in [-0.1, -0.05) is 176 Å². The highest BCUT2D eigenvalue weighted by Crippen LogP contribution is 2.45. The van der Waals surface area contributed by atoms with Crippen LogP contribution in [0.5, 0.6) is 0 Å². The second kappa shape index (κ2) is 14.1. The van der Waals surface area contributed by atoms with Crippen molar-refractivity contribution in [2.75, 3.05) is 0 Å². The number of fused-ring (bicyclic) bond motifs is 5. The van der Waals surface area contributed by atoms with Gasteiger partial charge in [-0.15, -0.1) is 11.3 Å². The van der Waals surface area contributed by atoms with Gasteiger partial charge in [0.1, 0.15) is 0 Å². The van der Waals surface area contributed by atoms with Gasteiger partial charge < -0.3 is 0 Å². The summed E-state index contributed by atoms with van der Waals surface area (Å²) in [7, 11) is 0. The summed E-state index contributed by atoms with van der Waals surface area (Å²) in [6.07, 6.45) is 0. The summed E-state index contributed by atoms with van der Waals surface area (Å²) in [5.41, 5.74) is 7.37. The van der Waals surface area contributed by atoms with Crippen molar-refractivity contribution in [2.45, 2.75) is 0 Å². The van der Waals surface area contributed by atoms with Crippen LogP contribution in [0, 0.1) is 0 Å². The van der Waals surface area contributed by atoms with Gasteiger partial charge in [-0.3, -0.25) is 0 Å². The van der Waals surface area contributed by atoms with Gasteiger partial charge in [-0.25, -0.2) is 15.0 Å². The molecule has 0 aliphatic heterocycles. The second-order valence-corrected chi connectivity index (χ2v) is 18.2. The smallest absolute Gasteiger partial charge is 0.164 e. The Morgan fingerprint density at radius 1 is 0.246 bits per heavy atom. The van der Waals surface area contributed by atoms with Gasteiger partial charge in [0, 0.05) is 36.9 Å². The molecule has 300 valence electrons. The van der Waals surface area contributed by atoms with E-state index in [1.165, 1.54) is 90.4 Å². The van der Waals surface area contributed by atoms with E-state index in [0.717, 1.165) is 33.4 Å². The summed E-state index contributed by atoms with van der Waals surface area (Å²) >= 11 is 1.81. The van der Waals surface area contributed by atoms with Gasteiger partial charge >= 0.3 is 0 Å². The number of rotatable bonds is 5. The van der Waals surface area contributed by atoms with Crippen LogP contribution in [0.3, 0.4) is 0 Å². The van der Waals surface area contributed by atoms with E-state index in [9.17, 15) is 0 Å². The monoisotopic (exact) mass is 841 g/mol. The lowest BCUT2D eigenvalue weighted by Gasteiger charge is -2.17. The fourth-order valence-electron chi connectivity index (χ4n) is 10.4. The number of hydrogen-bond donors (Lipinski definition) is 0. The third kappa shape index (κ3) is 5.64. The van der Waals surface area contributed by atoms with Crippen LogP contribution in [0.2, 0.25) is 0 Å². The average Bonchev–Trinajstić information content (AvgIpc) is 3.75. The minimum Gasteiger partial charge on any atom is -0.208 e. The number of hydrogen-bond acceptors (Lipinski definition) is 4. The maximum Gasteiger partial charge on any atom is 0.164 e. The van der Waals surface area contributed by atoms with Gasteiger partial charge in [0.05, 0.1) is 0 Å². The molecule has 2 heterocycles. The lowest BCUT2D eigenvalue weighted by Crippen LogP contribution is -2.01. The maximum atomic E-state index is 5.24. The number of benzene rings is 11. The van der Waals surface area contributed by atoms with E-state index >= 15 is 0 Å². The molecule has 14 aromatic rings. The Bertz CT molecular complexity index is 4220. The first-order chi connectivity index (χ1) is 32.2. The van der Waals surface area contributed by atoms with Crippen LogP contribution >= 0.6 is 11.3 Å².